The number of carboxylic acid groups (broad SMARTS) is 1. The average Bonchev–Trinajstić information content (AvgIpc) is 2.41. The van der Waals surface area contributed by atoms with Gasteiger partial charge >= 0.3 is 5.97 Å². The minimum atomic E-state index is -0.877. The van der Waals surface area contributed by atoms with Gasteiger partial charge in [0, 0.05) is 11.1 Å². The van der Waals surface area contributed by atoms with Crippen LogP contribution in [0, 0.1) is 13.8 Å². The highest BCUT2D eigenvalue weighted by atomic mass is 16.4. The Bertz CT molecular complexity index is 654. The van der Waals surface area contributed by atoms with E-state index in [-0.39, 0.29) is 12.2 Å². The van der Waals surface area contributed by atoms with E-state index in [9.17, 15) is 9.59 Å². The predicted octanol–water partition coefficient (Wildman–Crippen LogP) is 3.16. The van der Waals surface area contributed by atoms with Gasteiger partial charge in [0.15, 0.2) is 5.78 Å². The first kappa shape index (κ1) is 14.0. The van der Waals surface area contributed by atoms with Gasteiger partial charge in [-0.15, -0.1) is 0 Å². The first-order valence-electron chi connectivity index (χ1n) is 6.40. The fraction of sp³-hybridized carbons (Fsp3) is 0.176. The van der Waals surface area contributed by atoms with E-state index in [1.807, 2.05) is 32.0 Å². The smallest absolute Gasteiger partial charge is 0.307 e. The third kappa shape index (κ3) is 3.12. The zero-order chi connectivity index (χ0) is 14.7. The molecule has 0 fully saturated rings. The summed E-state index contributed by atoms with van der Waals surface area (Å²) >= 11 is 0. The quantitative estimate of drug-likeness (QED) is 0.866. The molecule has 0 atom stereocenters. The molecule has 3 heteroatoms. The molecule has 2 rings (SSSR count). The van der Waals surface area contributed by atoms with Gasteiger partial charge in [-0.2, -0.15) is 0 Å². The third-order valence-electron chi connectivity index (χ3n) is 3.34. The number of benzene rings is 2. The second-order valence-electron chi connectivity index (χ2n) is 4.90. The summed E-state index contributed by atoms with van der Waals surface area (Å²) in [6.45, 7) is 3.98. The normalized spacial score (nSPS) is 10.3. The molecule has 1 N–H and O–H groups in total. The van der Waals surface area contributed by atoms with Crippen LogP contribution in [0.1, 0.15) is 32.6 Å². The molecule has 0 aromatic heterocycles. The van der Waals surface area contributed by atoms with Gasteiger partial charge in [-0.3, -0.25) is 9.59 Å². The van der Waals surface area contributed by atoms with Crippen molar-refractivity contribution in [1.29, 1.82) is 0 Å². The molecule has 0 radical (unpaired) electrons. The predicted molar refractivity (Wildman–Crippen MR) is 77.1 cm³/mol. The van der Waals surface area contributed by atoms with Gasteiger partial charge in [0.05, 0.1) is 6.42 Å². The van der Waals surface area contributed by atoms with E-state index in [4.69, 9.17) is 5.11 Å². The van der Waals surface area contributed by atoms with Gasteiger partial charge in [0.25, 0.3) is 0 Å². The van der Waals surface area contributed by atoms with Crippen LogP contribution in [0.15, 0.2) is 42.5 Å². The van der Waals surface area contributed by atoms with Crippen LogP contribution in [0.3, 0.4) is 0 Å². The van der Waals surface area contributed by atoms with Crippen LogP contribution < -0.4 is 0 Å². The molecule has 0 unspecified atom stereocenters. The van der Waals surface area contributed by atoms with E-state index in [1.54, 1.807) is 24.3 Å². The monoisotopic (exact) mass is 268 g/mol. The molecule has 0 aliphatic rings. The number of hydrogen-bond donors (Lipinski definition) is 1. The zero-order valence-corrected chi connectivity index (χ0v) is 11.5. The van der Waals surface area contributed by atoms with Gasteiger partial charge in [0.2, 0.25) is 0 Å². The molecule has 0 saturated heterocycles. The Balaban J connectivity index is 2.24. The summed E-state index contributed by atoms with van der Waals surface area (Å²) in [5.41, 5.74) is 4.15. The molecule has 0 aliphatic heterocycles. The number of aryl methyl sites for hydroxylation is 2. The van der Waals surface area contributed by atoms with Crippen LogP contribution in [0.4, 0.5) is 0 Å². The lowest BCUT2D eigenvalue weighted by Crippen LogP contribution is -2.04. The molecule has 0 amide bonds. The summed E-state index contributed by atoms with van der Waals surface area (Å²) < 4.78 is 0. The topological polar surface area (TPSA) is 54.4 Å². The molecule has 0 bridgehead atoms. The van der Waals surface area contributed by atoms with Crippen LogP contribution in [-0.4, -0.2) is 16.9 Å². The first-order valence-corrected chi connectivity index (χ1v) is 6.40. The van der Waals surface area contributed by atoms with Gasteiger partial charge in [-0.05, 0) is 36.6 Å². The summed E-state index contributed by atoms with van der Waals surface area (Å²) in [7, 11) is 0. The van der Waals surface area contributed by atoms with E-state index in [0.29, 0.717) is 16.7 Å². The molecule has 20 heavy (non-hydrogen) atoms. The Kier molecular flexibility index (Phi) is 3.99. The Labute approximate surface area is 117 Å². The third-order valence-corrected chi connectivity index (χ3v) is 3.34. The minimum Gasteiger partial charge on any atom is -0.481 e. The molecule has 2 aromatic rings. The largest absolute Gasteiger partial charge is 0.481 e. The van der Waals surface area contributed by atoms with E-state index in [0.717, 1.165) is 11.1 Å². The Morgan fingerprint density at radius 1 is 0.900 bits per heavy atom. The summed E-state index contributed by atoms with van der Waals surface area (Å²) in [5, 5.41) is 8.71. The van der Waals surface area contributed by atoms with Crippen LogP contribution in [0.2, 0.25) is 0 Å². The second kappa shape index (κ2) is 5.70. The number of hydrogen-bond acceptors (Lipinski definition) is 2. The van der Waals surface area contributed by atoms with Gasteiger partial charge < -0.3 is 5.11 Å². The van der Waals surface area contributed by atoms with Crippen molar-refractivity contribution >= 4 is 11.8 Å². The molecule has 0 aliphatic carbocycles. The molecule has 0 spiro atoms. The summed E-state index contributed by atoms with van der Waals surface area (Å²) in [6, 6.07) is 12.3. The van der Waals surface area contributed by atoms with Crippen molar-refractivity contribution < 1.29 is 14.7 Å². The van der Waals surface area contributed by atoms with Crippen LogP contribution >= 0.6 is 0 Å². The molecule has 2 aromatic carbocycles. The van der Waals surface area contributed by atoms with E-state index in [2.05, 4.69) is 0 Å². The van der Waals surface area contributed by atoms with Crippen molar-refractivity contribution in [2.45, 2.75) is 20.3 Å². The van der Waals surface area contributed by atoms with Gasteiger partial charge in [-0.1, -0.05) is 36.4 Å². The number of ketones is 1. The molecular weight excluding hydrogens is 252 g/mol. The highest BCUT2D eigenvalue weighted by Gasteiger charge is 2.10. The summed E-state index contributed by atoms with van der Waals surface area (Å²) in [5.74, 6) is -0.923. The maximum Gasteiger partial charge on any atom is 0.307 e. The highest BCUT2D eigenvalue weighted by molar-refractivity contribution is 6.09. The lowest BCUT2D eigenvalue weighted by atomic mass is 9.98. The summed E-state index contributed by atoms with van der Waals surface area (Å²) in [4.78, 5) is 22.9. The van der Waals surface area contributed by atoms with Crippen LogP contribution in [0.25, 0.3) is 0 Å². The average molecular weight is 268 g/mol. The SMILES string of the molecule is Cc1ccc(C(=O)c2ccc(CC(=O)O)cc2)cc1C. The standard InChI is InChI=1S/C17H16O3/c1-11-3-6-15(9-12(11)2)17(20)14-7-4-13(5-8-14)10-16(18)19/h3-9H,10H2,1-2H3,(H,18,19). The minimum absolute atomic E-state index is 0.0297. The van der Waals surface area contributed by atoms with Crippen molar-refractivity contribution in [3.05, 3.63) is 70.3 Å². The fourth-order valence-corrected chi connectivity index (χ4v) is 2.00. The number of carboxylic acids is 1. The maximum absolute atomic E-state index is 12.3. The number of carbonyl (C=O) groups is 2. The van der Waals surface area contributed by atoms with Crippen molar-refractivity contribution in [3.8, 4) is 0 Å². The van der Waals surface area contributed by atoms with Crippen LogP contribution in [0.5, 0.6) is 0 Å². The van der Waals surface area contributed by atoms with E-state index < -0.39 is 5.97 Å². The molecule has 3 nitrogen and oxygen atoms in total. The Morgan fingerprint density at radius 3 is 2.05 bits per heavy atom. The lowest BCUT2D eigenvalue weighted by molar-refractivity contribution is -0.136. The Morgan fingerprint density at radius 2 is 1.50 bits per heavy atom. The number of aliphatic carboxylic acids is 1. The van der Waals surface area contributed by atoms with E-state index in [1.165, 1.54) is 0 Å². The molecule has 0 heterocycles. The highest BCUT2D eigenvalue weighted by Crippen LogP contribution is 2.15. The van der Waals surface area contributed by atoms with Crippen molar-refractivity contribution in [2.75, 3.05) is 0 Å². The van der Waals surface area contributed by atoms with Gasteiger partial charge in [0.1, 0.15) is 0 Å². The Hall–Kier alpha value is -2.42. The van der Waals surface area contributed by atoms with Crippen molar-refractivity contribution in [3.63, 3.8) is 0 Å². The van der Waals surface area contributed by atoms with Crippen LogP contribution in [-0.2, 0) is 11.2 Å². The molecule has 102 valence electrons. The maximum atomic E-state index is 12.3. The molecular formula is C17H16O3. The van der Waals surface area contributed by atoms with Gasteiger partial charge in [-0.25, -0.2) is 0 Å². The van der Waals surface area contributed by atoms with Crippen molar-refractivity contribution in [2.24, 2.45) is 0 Å². The first-order chi connectivity index (χ1) is 9.47. The van der Waals surface area contributed by atoms with E-state index >= 15 is 0 Å². The lowest BCUT2D eigenvalue weighted by Gasteiger charge is -2.05. The summed E-state index contributed by atoms with van der Waals surface area (Å²) in [6.07, 6.45) is -0.0297. The number of rotatable bonds is 4. The fourth-order valence-electron chi connectivity index (χ4n) is 2.00. The second-order valence-corrected chi connectivity index (χ2v) is 4.90. The zero-order valence-electron chi connectivity index (χ0n) is 11.5. The van der Waals surface area contributed by atoms with Crippen molar-refractivity contribution in [1.82, 2.24) is 0 Å². The number of carbonyl (C=O) groups excluding carboxylic acids is 1. The molecule has 0 saturated carbocycles.